The number of ether oxygens (including phenoxy) is 1. The van der Waals surface area contributed by atoms with E-state index < -0.39 is 0 Å². The highest BCUT2D eigenvalue weighted by atomic mass is 127. The first-order chi connectivity index (χ1) is 16.6. The summed E-state index contributed by atoms with van der Waals surface area (Å²) in [7, 11) is 0. The number of amides is 1. The first-order valence-corrected chi connectivity index (χ1v) is 12.4. The van der Waals surface area contributed by atoms with E-state index in [0.29, 0.717) is 19.4 Å². The molecule has 0 unspecified atom stereocenters. The molecular formula is C28H24IN3O2. The number of halogens is 1. The van der Waals surface area contributed by atoms with E-state index in [1.807, 2.05) is 47.4 Å². The normalized spacial score (nSPS) is 17.2. The number of benzene rings is 2. The van der Waals surface area contributed by atoms with Crippen molar-refractivity contribution in [2.24, 2.45) is 0 Å². The van der Waals surface area contributed by atoms with Crippen molar-refractivity contribution in [2.45, 2.75) is 25.2 Å². The molecule has 2 aliphatic rings. The van der Waals surface area contributed by atoms with Crippen molar-refractivity contribution in [2.75, 3.05) is 11.4 Å². The van der Waals surface area contributed by atoms with Crippen LogP contribution in [0.3, 0.4) is 0 Å². The van der Waals surface area contributed by atoms with Gasteiger partial charge < -0.3 is 15.0 Å². The molecule has 0 spiro atoms. The molecule has 1 saturated heterocycles. The van der Waals surface area contributed by atoms with Crippen LogP contribution < -0.4 is 9.64 Å². The molecule has 6 heteroatoms. The molecular weight excluding hydrogens is 537 g/mol. The van der Waals surface area contributed by atoms with Gasteiger partial charge in [0.05, 0.1) is 9.26 Å². The quantitative estimate of drug-likeness (QED) is 0.300. The largest absolute Gasteiger partial charge is 0.457 e. The maximum absolute atomic E-state index is 12.8. The van der Waals surface area contributed by atoms with Gasteiger partial charge in [0.1, 0.15) is 11.5 Å². The van der Waals surface area contributed by atoms with Gasteiger partial charge in [0, 0.05) is 37.2 Å². The van der Waals surface area contributed by atoms with E-state index in [9.17, 15) is 4.79 Å². The number of aromatic nitrogens is 1. The van der Waals surface area contributed by atoms with Crippen LogP contribution in [0.2, 0.25) is 0 Å². The number of hydrogen-bond acceptors (Lipinski definition) is 4. The van der Waals surface area contributed by atoms with Crippen LogP contribution in [0.1, 0.15) is 34.7 Å². The Hall–Kier alpha value is -3.26. The van der Waals surface area contributed by atoms with E-state index in [4.69, 9.17) is 10.1 Å². The number of fused-ring (bicyclic) bond motifs is 1. The molecule has 1 N–H and O–H groups in total. The van der Waals surface area contributed by atoms with E-state index in [-0.39, 0.29) is 11.8 Å². The summed E-state index contributed by atoms with van der Waals surface area (Å²) in [6, 6.07) is 18.2. The van der Waals surface area contributed by atoms with E-state index >= 15 is 0 Å². The summed E-state index contributed by atoms with van der Waals surface area (Å²) in [6.07, 6.45) is 11.1. The zero-order valence-electron chi connectivity index (χ0n) is 18.6. The second kappa shape index (κ2) is 9.93. The van der Waals surface area contributed by atoms with Gasteiger partial charge in [0.2, 0.25) is 5.91 Å². The minimum absolute atomic E-state index is 0.111. The first kappa shape index (κ1) is 22.5. The fraction of sp³-hybridized carbons (Fsp3) is 0.179. The van der Waals surface area contributed by atoms with Crippen molar-refractivity contribution < 1.29 is 9.53 Å². The fourth-order valence-electron chi connectivity index (χ4n) is 4.38. The van der Waals surface area contributed by atoms with Gasteiger partial charge in [-0.2, -0.15) is 0 Å². The van der Waals surface area contributed by atoms with E-state index in [0.717, 1.165) is 44.0 Å². The van der Waals surface area contributed by atoms with Crippen LogP contribution in [0.4, 0.5) is 5.69 Å². The van der Waals surface area contributed by atoms with Crippen LogP contribution in [0, 0.1) is 8.98 Å². The molecule has 1 atom stereocenters. The summed E-state index contributed by atoms with van der Waals surface area (Å²) < 4.78 is 7.32. The fourth-order valence-corrected chi connectivity index (χ4v) is 4.82. The minimum Gasteiger partial charge on any atom is -0.457 e. The van der Waals surface area contributed by atoms with Crippen LogP contribution in [-0.4, -0.2) is 23.7 Å². The Labute approximate surface area is 212 Å². The lowest BCUT2D eigenvalue weighted by Crippen LogP contribution is -2.24. The number of carbonyl (C=O) groups excluding carboxylic acids is 1. The lowest BCUT2D eigenvalue weighted by Gasteiger charge is -2.18. The summed E-state index contributed by atoms with van der Waals surface area (Å²) in [4.78, 5) is 19.1. The molecule has 5 nitrogen and oxygen atoms in total. The highest BCUT2D eigenvalue weighted by molar-refractivity contribution is 14.1. The second-order valence-corrected chi connectivity index (χ2v) is 9.63. The zero-order valence-corrected chi connectivity index (χ0v) is 20.7. The molecule has 2 aromatic carbocycles. The number of anilines is 1. The molecule has 2 heterocycles. The second-order valence-electron chi connectivity index (χ2n) is 8.46. The van der Waals surface area contributed by atoms with Gasteiger partial charge in [-0.15, -0.1) is 0 Å². The number of allylic oxidation sites excluding steroid dienone is 2. The molecule has 34 heavy (non-hydrogen) atoms. The Morgan fingerprint density at radius 1 is 1.15 bits per heavy atom. The van der Waals surface area contributed by atoms with Crippen molar-refractivity contribution in [1.82, 2.24) is 4.98 Å². The minimum atomic E-state index is 0.111. The monoisotopic (exact) mass is 561 g/mol. The topological polar surface area (TPSA) is 66.3 Å². The van der Waals surface area contributed by atoms with E-state index in [1.165, 1.54) is 11.8 Å². The van der Waals surface area contributed by atoms with Gasteiger partial charge in [0.25, 0.3) is 0 Å². The SMILES string of the molecule is N=CCc1ccc(N2C[C@@H](c3ccc(I)c(OC4=CCc5cccnc5C=C4)c3)CC2=O)cc1. The third-order valence-electron chi connectivity index (χ3n) is 6.22. The van der Waals surface area contributed by atoms with Crippen LogP contribution >= 0.6 is 22.6 Å². The summed E-state index contributed by atoms with van der Waals surface area (Å²) in [5, 5.41) is 7.26. The lowest BCUT2D eigenvalue weighted by atomic mass is 9.98. The standard InChI is InChI=1S/C28H24IN3O2/c29-25-11-6-21(16-27(25)34-24-9-5-20-2-1-15-31-26(20)12-10-24)22-17-28(33)32(18-22)23-7-3-19(4-8-23)13-14-30/h1-4,6-12,14-16,22,30H,5,13,17-18H2/t22-/m0/s1. The molecule has 0 saturated carbocycles. The van der Waals surface area contributed by atoms with Gasteiger partial charge in [-0.3, -0.25) is 9.78 Å². The third kappa shape index (κ3) is 4.82. The zero-order chi connectivity index (χ0) is 23.5. The van der Waals surface area contributed by atoms with Gasteiger partial charge >= 0.3 is 0 Å². The molecule has 0 radical (unpaired) electrons. The summed E-state index contributed by atoms with van der Waals surface area (Å²) in [5.74, 6) is 1.84. The predicted octanol–water partition coefficient (Wildman–Crippen LogP) is 5.93. The van der Waals surface area contributed by atoms with Crippen molar-refractivity contribution in [1.29, 1.82) is 5.41 Å². The highest BCUT2D eigenvalue weighted by Gasteiger charge is 2.32. The number of carbonyl (C=O) groups is 1. The van der Waals surface area contributed by atoms with Crippen molar-refractivity contribution >= 4 is 46.5 Å². The van der Waals surface area contributed by atoms with Gasteiger partial charge in [-0.1, -0.05) is 24.3 Å². The van der Waals surface area contributed by atoms with Crippen LogP contribution in [0.25, 0.3) is 6.08 Å². The van der Waals surface area contributed by atoms with Crippen LogP contribution in [0.15, 0.2) is 78.7 Å². The highest BCUT2D eigenvalue weighted by Crippen LogP contribution is 2.35. The Kier molecular flexibility index (Phi) is 6.58. The number of nitrogens with one attached hydrogen (secondary N) is 1. The molecule has 0 bridgehead atoms. The van der Waals surface area contributed by atoms with E-state index in [1.54, 1.807) is 6.20 Å². The Balaban J connectivity index is 1.32. The summed E-state index contributed by atoms with van der Waals surface area (Å²) in [6.45, 7) is 0.645. The molecule has 1 fully saturated rings. The predicted molar refractivity (Wildman–Crippen MR) is 143 cm³/mol. The lowest BCUT2D eigenvalue weighted by molar-refractivity contribution is -0.117. The average Bonchev–Trinajstić information content (AvgIpc) is 3.12. The molecule has 1 aromatic heterocycles. The summed E-state index contributed by atoms with van der Waals surface area (Å²) in [5.41, 5.74) is 5.23. The average molecular weight is 561 g/mol. The summed E-state index contributed by atoms with van der Waals surface area (Å²) >= 11 is 2.29. The molecule has 1 amide bonds. The number of rotatable bonds is 6. The van der Waals surface area contributed by atoms with Crippen molar-refractivity contribution in [3.05, 3.63) is 105 Å². The van der Waals surface area contributed by atoms with Crippen molar-refractivity contribution in [3.8, 4) is 5.75 Å². The molecule has 5 rings (SSSR count). The Morgan fingerprint density at radius 3 is 2.82 bits per heavy atom. The van der Waals surface area contributed by atoms with E-state index in [2.05, 4.69) is 57.9 Å². The molecule has 1 aliphatic carbocycles. The molecule has 1 aliphatic heterocycles. The van der Waals surface area contributed by atoms with Gasteiger partial charge in [0.15, 0.2) is 0 Å². The van der Waals surface area contributed by atoms with Crippen LogP contribution in [0.5, 0.6) is 5.75 Å². The van der Waals surface area contributed by atoms with Crippen molar-refractivity contribution in [3.63, 3.8) is 0 Å². The third-order valence-corrected chi connectivity index (χ3v) is 7.11. The smallest absolute Gasteiger partial charge is 0.227 e. The number of nitrogens with zero attached hydrogens (tertiary/aromatic N) is 2. The van der Waals surface area contributed by atoms with Gasteiger partial charge in [-0.05, 0) is 100 Å². The van der Waals surface area contributed by atoms with Gasteiger partial charge in [-0.25, -0.2) is 0 Å². The molecule has 170 valence electrons. The Bertz CT molecular complexity index is 1300. The Morgan fingerprint density at radius 2 is 2.00 bits per heavy atom. The maximum atomic E-state index is 12.8. The van der Waals surface area contributed by atoms with Crippen LogP contribution in [-0.2, 0) is 17.6 Å². The molecule has 3 aromatic rings. The number of hydrogen-bond donors (Lipinski definition) is 1. The maximum Gasteiger partial charge on any atom is 0.227 e. The number of pyridine rings is 1. The first-order valence-electron chi connectivity index (χ1n) is 11.3.